The van der Waals surface area contributed by atoms with Gasteiger partial charge in [-0.2, -0.15) is 0 Å². The number of rotatable bonds is 5. The van der Waals surface area contributed by atoms with Gasteiger partial charge in [-0.1, -0.05) is 38.2 Å². The zero-order valence-corrected chi connectivity index (χ0v) is 17.9. The highest BCUT2D eigenvalue weighted by molar-refractivity contribution is 7.91. The van der Waals surface area contributed by atoms with Gasteiger partial charge < -0.3 is 10.1 Å². The van der Waals surface area contributed by atoms with E-state index in [9.17, 15) is 13.2 Å². The van der Waals surface area contributed by atoms with Crippen molar-refractivity contribution in [2.45, 2.75) is 50.4 Å². The van der Waals surface area contributed by atoms with Gasteiger partial charge in [-0.25, -0.2) is 13.1 Å². The maximum Gasteiger partial charge on any atom is 0.270 e. The molecule has 152 valence electrons. The van der Waals surface area contributed by atoms with Crippen LogP contribution in [0.25, 0.3) is 0 Å². The predicted octanol–water partition coefficient (Wildman–Crippen LogP) is 2.89. The molecule has 0 unspecified atom stereocenters. The third kappa shape index (κ3) is 4.50. The van der Waals surface area contributed by atoms with Crippen LogP contribution in [0.15, 0.2) is 22.5 Å². The fourth-order valence-electron chi connectivity index (χ4n) is 2.93. The SMILES string of the molecule is COc1ccc2c(c1)CCC[C@@H]2NS(=O)(=O)c1nnc(NC(=O)C(C)(C)C)s1. The van der Waals surface area contributed by atoms with Crippen molar-refractivity contribution in [3.8, 4) is 5.75 Å². The van der Waals surface area contributed by atoms with Crippen LogP contribution in [0.4, 0.5) is 5.13 Å². The largest absolute Gasteiger partial charge is 0.497 e. The predicted molar refractivity (Wildman–Crippen MR) is 107 cm³/mol. The van der Waals surface area contributed by atoms with Crippen LogP contribution in [0.1, 0.15) is 50.8 Å². The summed E-state index contributed by atoms with van der Waals surface area (Å²) in [6.07, 6.45) is 2.45. The number of benzene rings is 1. The molecule has 1 atom stereocenters. The van der Waals surface area contributed by atoms with Crippen LogP contribution in [0.5, 0.6) is 5.75 Å². The fraction of sp³-hybridized carbons (Fsp3) is 0.500. The van der Waals surface area contributed by atoms with Gasteiger partial charge in [0.05, 0.1) is 7.11 Å². The second-order valence-corrected chi connectivity index (χ2v) is 10.6. The summed E-state index contributed by atoms with van der Waals surface area (Å²) in [6.45, 7) is 5.29. The van der Waals surface area contributed by atoms with E-state index in [0.29, 0.717) is 6.42 Å². The Morgan fingerprint density at radius 1 is 1.29 bits per heavy atom. The number of carbonyl (C=O) groups excluding carboxylic acids is 1. The highest BCUT2D eigenvalue weighted by Crippen LogP contribution is 2.33. The molecule has 1 aliphatic rings. The van der Waals surface area contributed by atoms with Gasteiger partial charge in [0.15, 0.2) is 0 Å². The monoisotopic (exact) mass is 424 g/mol. The Balaban J connectivity index is 1.78. The number of aryl methyl sites for hydroxylation is 1. The number of hydrogen-bond acceptors (Lipinski definition) is 7. The Kier molecular flexibility index (Phi) is 5.74. The molecule has 0 saturated carbocycles. The molecule has 1 aliphatic carbocycles. The van der Waals surface area contributed by atoms with Crippen LogP contribution in [0.2, 0.25) is 0 Å². The van der Waals surface area contributed by atoms with Crippen LogP contribution in [0.3, 0.4) is 0 Å². The molecular formula is C18H24N4O4S2. The maximum atomic E-state index is 12.8. The number of anilines is 1. The highest BCUT2D eigenvalue weighted by Gasteiger charge is 2.29. The van der Waals surface area contributed by atoms with Crippen molar-refractivity contribution < 1.29 is 17.9 Å². The van der Waals surface area contributed by atoms with Crippen molar-refractivity contribution in [2.24, 2.45) is 5.41 Å². The molecule has 0 spiro atoms. The normalized spacial score (nSPS) is 17.1. The molecule has 1 aromatic carbocycles. The first-order valence-corrected chi connectivity index (χ1v) is 11.2. The number of nitrogens with zero attached hydrogens (tertiary/aromatic N) is 2. The molecule has 28 heavy (non-hydrogen) atoms. The first-order valence-electron chi connectivity index (χ1n) is 8.94. The van der Waals surface area contributed by atoms with Crippen LogP contribution >= 0.6 is 11.3 Å². The van der Waals surface area contributed by atoms with Gasteiger partial charge in [-0.3, -0.25) is 4.79 Å². The number of sulfonamides is 1. The average Bonchev–Trinajstić information content (AvgIpc) is 3.10. The van der Waals surface area contributed by atoms with E-state index in [2.05, 4.69) is 20.2 Å². The van der Waals surface area contributed by atoms with E-state index >= 15 is 0 Å². The summed E-state index contributed by atoms with van der Waals surface area (Å²) in [5.74, 6) is 0.501. The molecule has 3 rings (SSSR count). The van der Waals surface area contributed by atoms with Crippen molar-refractivity contribution >= 4 is 32.4 Å². The number of hydrogen-bond donors (Lipinski definition) is 2. The van der Waals surface area contributed by atoms with E-state index in [1.54, 1.807) is 27.9 Å². The van der Waals surface area contributed by atoms with E-state index < -0.39 is 15.4 Å². The maximum absolute atomic E-state index is 12.8. The van der Waals surface area contributed by atoms with Crippen LogP contribution in [0, 0.1) is 5.41 Å². The third-order valence-corrected chi connectivity index (χ3v) is 7.18. The Morgan fingerprint density at radius 2 is 2.04 bits per heavy atom. The molecule has 2 N–H and O–H groups in total. The molecule has 2 aromatic rings. The second-order valence-electron chi connectivity index (χ2n) is 7.71. The molecule has 1 aromatic heterocycles. The number of amides is 1. The summed E-state index contributed by atoms with van der Waals surface area (Å²) in [7, 11) is -2.25. The van der Waals surface area contributed by atoms with E-state index in [1.807, 2.05) is 18.2 Å². The quantitative estimate of drug-likeness (QED) is 0.714. The summed E-state index contributed by atoms with van der Waals surface area (Å²) in [5, 5.41) is 10.3. The first-order chi connectivity index (χ1) is 13.1. The topological polar surface area (TPSA) is 110 Å². The van der Waals surface area contributed by atoms with E-state index in [0.717, 1.165) is 41.1 Å². The van der Waals surface area contributed by atoms with Gasteiger partial charge in [0.1, 0.15) is 5.75 Å². The number of methoxy groups -OCH3 is 1. The Morgan fingerprint density at radius 3 is 2.71 bits per heavy atom. The van der Waals surface area contributed by atoms with Crippen molar-refractivity contribution in [1.82, 2.24) is 14.9 Å². The van der Waals surface area contributed by atoms with Crippen LogP contribution in [-0.2, 0) is 21.2 Å². The molecule has 8 nitrogen and oxygen atoms in total. The van der Waals surface area contributed by atoms with E-state index in [4.69, 9.17) is 4.74 Å². The van der Waals surface area contributed by atoms with Crippen molar-refractivity contribution in [1.29, 1.82) is 0 Å². The van der Waals surface area contributed by atoms with Crippen LogP contribution < -0.4 is 14.8 Å². The number of aromatic nitrogens is 2. The van der Waals surface area contributed by atoms with Crippen molar-refractivity contribution in [3.05, 3.63) is 29.3 Å². The average molecular weight is 425 g/mol. The highest BCUT2D eigenvalue weighted by atomic mass is 32.2. The minimum absolute atomic E-state index is 0.161. The van der Waals surface area contributed by atoms with Gasteiger partial charge in [0, 0.05) is 11.5 Å². The Bertz CT molecular complexity index is 980. The summed E-state index contributed by atoms with van der Waals surface area (Å²) in [4.78, 5) is 12.1. The van der Waals surface area contributed by atoms with E-state index in [1.165, 1.54) is 0 Å². The first kappa shape index (κ1) is 20.7. The molecule has 1 heterocycles. The standard InChI is InChI=1S/C18H24N4O4S2/c1-18(2,3)15(23)19-16-20-21-17(27-16)28(24,25)22-14-7-5-6-11-10-12(26-4)8-9-13(11)14/h8-10,14,22H,5-7H2,1-4H3,(H,19,20,23)/t14-/m0/s1. The lowest BCUT2D eigenvalue weighted by atomic mass is 9.88. The number of ether oxygens (including phenoxy) is 1. The summed E-state index contributed by atoms with van der Waals surface area (Å²) in [6, 6.07) is 5.34. The Labute approximate surface area is 168 Å². The van der Waals surface area contributed by atoms with E-state index in [-0.39, 0.29) is 21.4 Å². The minimum atomic E-state index is -3.86. The van der Waals surface area contributed by atoms with Crippen molar-refractivity contribution in [2.75, 3.05) is 12.4 Å². The smallest absolute Gasteiger partial charge is 0.270 e. The lowest BCUT2D eigenvalue weighted by molar-refractivity contribution is -0.123. The molecule has 10 heteroatoms. The van der Waals surface area contributed by atoms with Gasteiger partial charge in [-0.05, 0) is 42.5 Å². The molecular weight excluding hydrogens is 400 g/mol. The third-order valence-electron chi connectivity index (χ3n) is 4.50. The van der Waals surface area contributed by atoms with Gasteiger partial charge in [0.2, 0.25) is 15.4 Å². The number of fused-ring (bicyclic) bond motifs is 1. The minimum Gasteiger partial charge on any atom is -0.497 e. The second kappa shape index (κ2) is 7.76. The Hall–Kier alpha value is -2.04. The molecule has 0 fully saturated rings. The fourth-order valence-corrected chi connectivity index (χ4v) is 5.09. The summed E-state index contributed by atoms with van der Waals surface area (Å²) < 4.78 is 33.4. The van der Waals surface area contributed by atoms with Gasteiger partial charge in [0.25, 0.3) is 10.0 Å². The lowest BCUT2D eigenvalue weighted by Crippen LogP contribution is -2.31. The summed E-state index contributed by atoms with van der Waals surface area (Å²) >= 11 is 0.836. The zero-order valence-electron chi connectivity index (χ0n) is 16.3. The molecule has 1 amide bonds. The lowest BCUT2D eigenvalue weighted by Gasteiger charge is -2.26. The van der Waals surface area contributed by atoms with Gasteiger partial charge >= 0.3 is 0 Å². The molecule has 0 saturated heterocycles. The molecule has 0 radical (unpaired) electrons. The number of nitrogens with one attached hydrogen (secondary N) is 2. The van der Waals surface area contributed by atoms with Crippen LogP contribution in [-0.4, -0.2) is 31.6 Å². The molecule has 0 bridgehead atoms. The van der Waals surface area contributed by atoms with Crippen molar-refractivity contribution in [3.63, 3.8) is 0 Å². The number of carbonyl (C=O) groups is 1. The zero-order chi connectivity index (χ0) is 20.5. The van der Waals surface area contributed by atoms with Gasteiger partial charge in [-0.15, -0.1) is 10.2 Å². The summed E-state index contributed by atoms with van der Waals surface area (Å²) in [5.41, 5.74) is 1.41. The molecule has 0 aliphatic heterocycles.